The van der Waals surface area contributed by atoms with E-state index in [1.165, 1.54) is 0 Å². The van der Waals surface area contributed by atoms with Gasteiger partial charge in [0.15, 0.2) is 0 Å². The Balaban J connectivity index is 1.91. The van der Waals surface area contributed by atoms with Crippen molar-refractivity contribution < 1.29 is 4.74 Å². The lowest BCUT2D eigenvalue weighted by atomic mass is 10.3. The number of nitrogens with one attached hydrogen (secondary N) is 1. The molecule has 0 atom stereocenters. The molecule has 0 radical (unpaired) electrons. The van der Waals surface area contributed by atoms with Crippen molar-refractivity contribution in [2.45, 2.75) is 13.5 Å². The SMILES string of the molecule is C=Cn1cc(CNc2ccc(OCC)nc2)cn1. The van der Waals surface area contributed by atoms with Crippen LogP contribution in [0.4, 0.5) is 5.69 Å². The molecule has 94 valence electrons. The monoisotopic (exact) mass is 244 g/mol. The van der Waals surface area contributed by atoms with Gasteiger partial charge in [-0.1, -0.05) is 6.58 Å². The maximum absolute atomic E-state index is 5.28. The third kappa shape index (κ3) is 3.10. The molecule has 0 aliphatic heterocycles. The van der Waals surface area contributed by atoms with Gasteiger partial charge in [0.05, 0.1) is 24.7 Å². The summed E-state index contributed by atoms with van der Waals surface area (Å²) in [5.74, 6) is 0.641. The van der Waals surface area contributed by atoms with Crippen molar-refractivity contribution in [2.75, 3.05) is 11.9 Å². The van der Waals surface area contributed by atoms with Gasteiger partial charge in [-0.2, -0.15) is 5.10 Å². The molecule has 0 bridgehead atoms. The zero-order valence-electron chi connectivity index (χ0n) is 10.3. The average Bonchev–Trinajstić information content (AvgIpc) is 2.86. The molecule has 0 aliphatic carbocycles. The number of rotatable bonds is 6. The predicted octanol–water partition coefficient (Wildman–Crippen LogP) is 2.39. The van der Waals surface area contributed by atoms with Gasteiger partial charge >= 0.3 is 0 Å². The molecular weight excluding hydrogens is 228 g/mol. The van der Waals surface area contributed by atoms with Crippen LogP contribution in [0.5, 0.6) is 5.88 Å². The molecule has 5 nitrogen and oxygen atoms in total. The van der Waals surface area contributed by atoms with E-state index in [1.807, 2.05) is 25.3 Å². The van der Waals surface area contributed by atoms with E-state index in [0.717, 1.165) is 11.3 Å². The minimum absolute atomic E-state index is 0.626. The quantitative estimate of drug-likeness (QED) is 0.847. The van der Waals surface area contributed by atoms with Crippen LogP contribution in [0.2, 0.25) is 0 Å². The van der Waals surface area contributed by atoms with E-state index in [0.29, 0.717) is 19.0 Å². The first-order valence-corrected chi connectivity index (χ1v) is 5.80. The Morgan fingerprint density at radius 1 is 1.44 bits per heavy atom. The number of anilines is 1. The fourth-order valence-corrected chi connectivity index (χ4v) is 1.49. The Labute approximate surface area is 106 Å². The first-order valence-electron chi connectivity index (χ1n) is 5.80. The van der Waals surface area contributed by atoms with Crippen molar-refractivity contribution >= 4 is 11.9 Å². The van der Waals surface area contributed by atoms with E-state index in [1.54, 1.807) is 23.3 Å². The molecule has 0 saturated carbocycles. The van der Waals surface area contributed by atoms with Crippen LogP contribution < -0.4 is 10.1 Å². The lowest BCUT2D eigenvalue weighted by molar-refractivity contribution is 0.327. The Morgan fingerprint density at radius 2 is 2.33 bits per heavy atom. The number of hydrogen-bond donors (Lipinski definition) is 1. The predicted molar refractivity (Wildman–Crippen MR) is 71.3 cm³/mol. The van der Waals surface area contributed by atoms with Gasteiger partial charge in [-0.3, -0.25) is 0 Å². The molecule has 0 spiro atoms. The first-order chi connectivity index (χ1) is 8.81. The molecular formula is C13H16N4O. The van der Waals surface area contributed by atoms with Crippen molar-refractivity contribution in [3.05, 3.63) is 42.9 Å². The summed E-state index contributed by atoms with van der Waals surface area (Å²) in [5, 5.41) is 7.37. The first kappa shape index (κ1) is 12.2. The largest absolute Gasteiger partial charge is 0.478 e. The van der Waals surface area contributed by atoms with E-state index in [2.05, 4.69) is 22.0 Å². The lowest BCUT2D eigenvalue weighted by Crippen LogP contribution is -2.00. The third-order valence-electron chi connectivity index (χ3n) is 2.37. The highest BCUT2D eigenvalue weighted by atomic mass is 16.5. The second-order valence-corrected chi connectivity index (χ2v) is 3.68. The number of aromatic nitrogens is 3. The van der Waals surface area contributed by atoms with Crippen LogP contribution >= 0.6 is 0 Å². The van der Waals surface area contributed by atoms with Crippen molar-refractivity contribution in [1.29, 1.82) is 0 Å². The lowest BCUT2D eigenvalue weighted by Gasteiger charge is -2.05. The van der Waals surface area contributed by atoms with Gasteiger partial charge in [-0.25, -0.2) is 9.67 Å². The minimum Gasteiger partial charge on any atom is -0.478 e. The van der Waals surface area contributed by atoms with Crippen molar-refractivity contribution in [1.82, 2.24) is 14.8 Å². The van der Waals surface area contributed by atoms with Crippen LogP contribution in [0.15, 0.2) is 37.3 Å². The average molecular weight is 244 g/mol. The van der Waals surface area contributed by atoms with Gasteiger partial charge < -0.3 is 10.1 Å². The van der Waals surface area contributed by atoms with Crippen molar-refractivity contribution in [3.63, 3.8) is 0 Å². The Morgan fingerprint density at radius 3 is 2.94 bits per heavy atom. The van der Waals surface area contributed by atoms with Crippen LogP contribution in [0.25, 0.3) is 6.20 Å². The van der Waals surface area contributed by atoms with Crippen molar-refractivity contribution in [3.8, 4) is 5.88 Å². The molecule has 0 saturated heterocycles. The normalized spacial score (nSPS) is 10.1. The molecule has 18 heavy (non-hydrogen) atoms. The Kier molecular flexibility index (Phi) is 3.96. The summed E-state index contributed by atoms with van der Waals surface area (Å²) in [7, 11) is 0. The van der Waals surface area contributed by atoms with E-state index in [9.17, 15) is 0 Å². The molecule has 0 aromatic carbocycles. The molecule has 0 amide bonds. The van der Waals surface area contributed by atoms with E-state index >= 15 is 0 Å². The van der Waals surface area contributed by atoms with Gasteiger partial charge in [0.25, 0.3) is 0 Å². The van der Waals surface area contributed by atoms with Crippen LogP contribution in [-0.2, 0) is 6.54 Å². The summed E-state index contributed by atoms with van der Waals surface area (Å²) in [4.78, 5) is 4.18. The van der Waals surface area contributed by atoms with E-state index in [-0.39, 0.29) is 0 Å². The number of pyridine rings is 1. The molecule has 1 N–H and O–H groups in total. The topological polar surface area (TPSA) is 52.0 Å². The maximum Gasteiger partial charge on any atom is 0.213 e. The Bertz CT molecular complexity index is 504. The second-order valence-electron chi connectivity index (χ2n) is 3.68. The molecule has 0 unspecified atom stereocenters. The molecule has 2 aromatic heterocycles. The third-order valence-corrected chi connectivity index (χ3v) is 2.37. The van der Waals surface area contributed by atoms with Gasteiger partial charge in [0.2, 0.25) is 5.88 Å². The standard InChI is InChI=1S/C13H16N4O/c1-3-17-10-11(8-16-17)7-14-12-5-6-13(15-9-12)18-4-2/h3,5-6,8-10,14H,1,4,7H2,2H3. The molecule has 5 heteroatoms. The number of hydrogen-bond acceptors (Lipinski definition) is 4. The van der Waals surface area contributed by atoms with Crippen LogP contribution in [-0.4, -0.2) is 21.4 Å². The fourth-order valence-electron chi connectivity index (χ4n) is 1.49. The highest BCUT2D eigenvalue weighted by molar-refractivity contribution is 5.42. The summed E-state index contributed by atoms with van der Waals surface area (Å²) < 4.78 is 6.95. The van der Waals surface area contributed by atoms with Crippen LogP contribution in [0.3, 0.4) is 0 Å². The second kappa shape index (κ2) is 5.86. The molecule has 2 rings (SSSR count). The number of ether oxygens (including phenoxy) is 1. The van der Waals surface area contributed by atoms with Gasteiger partial charge in [0, 0.05) is 30.6 Å². The van der Waals surface area contributed by atoms with Gasteiger partial charge in [-0.05, 0) is 13.0 Å². The van der Waals surface area contributed by atoms with Gasteiger partial charge in [-0.15, -0.1) is 0 Å². The summed E-state index contributed by atoms with van der Waals surface area (Å²) in [5.41, 5.74) is 2.04. The van der Waals surface area contributed by atoms with Crippen molar-refractivity contribution in [2.24, 2.45) is 0 Å². The summed E-state index contributed by atoms with van der Waals surface area (Å²) in [6.07, 6.45) is 7.13. The molecule has 2 heterocycles. The fraction of sp³-hybridized carbons (Fsp3) is 0.231. The minimum atomic E-state index is 0.626. The van der Waals surface area contributed by atoms with Crippen LogP contribution in [0, 0.1) is 0 Å². The van der Waals surface area contributed by atoms with E-state index in [4.69, 9.17) is 4.74 Å². The molecule has 0 aliphatic rings. The summed E-state index contributed by atoms with van der Waals surface area (Å²) >= 11 is 0. The highest BCUT2D eigenvalue weighted by Gasteiger charge is 1.98. The zero-order valence-corrected chi connectivity index (χ0v) is 10.3. The smallest absolute Gasteiger partial charge is 0.213 e. The van der Waals surface area contributed by atoms with Crippen LogP contribution in [0.1, 0.15) is 12.5 Å². The summed E-state index contributed by atoms with van der Waals surface area (Å²) in [6.45, 7) is 6.90. The molecule has 0 fully saturated rings. The van der Waals surface area contributed by atoms with E-state index < -0.39 is 0 Å². The zero-order chi connectivity index (χ0) is 12.8. The highest BCUT2D eigenvalue weighted by Crippen LogP contribution is 2.12. The Hall–Kier alpha value is -2.30. The van der Waals surface area contributed by atoms with Gasteiger partial charge in [0.1, 0.15) is 0 Å². The molecule has 2 aromatic rings. The maximum atomic E-state index is 5.28. The summed E-state index contributed by atoms with van der Waals surface area (Å²) in [6, 6.07) is 3.79. The number of nitrogens with zero attached hydrogens (tertiary/aromatic N) is 3.